The topological polar surface area (TPSA) is 29.9 Å². The van der Waals surface area contributed by atoms with Gasteiger partial charge in [-0.2, -0.15) is 5.10 Å². The van der Waals surface area contributed by atoms with Gasteiger partial charge in [0.2, 0.25) is 0 Å². The van der Waals surface area contributed by atoms with E-state index in [0.717, 1.165) is 31.1 Å². The number of nitrogens with one attached hydrogen (secondary N) is 1. The third-order valence-corrected chi connectivity index (χ3v) is 4.67. The zero-order chi connectivity index (χ0) is 13.9. The number of nitrogens with zero attached hydrogens (tertiary/aromatic N) is 2. The van der Waals surface area contributed by atoms with Crippen molar-refractivity contribution in [1.29, 1.82) is 0 Å². The van der Waals surface area contributed by atoms with Gasteiger partial charge in [0.15, 0.2) is 0 Å². The van der Waals surface area contributed by atoms with E-state index in [0.29, 0.717) is 5.38 Å². The Balaban J connectivity index is 1.60. The molecule has 108 valence electrons. The fourth-order valence-electron chi connectivity index (χ4n) is 3.22. The Hall–Kier alpha value is -1.06. The highest BCUT2D eigenvalue weighted by Gasteiger charge is 2.19. The molecule has 2 aromatic rings. The van der Waals surface area contributed by atoms with Crippen molar-refractivity contribution >= 4 is 22.5 Å². The number of aromatic nitrogens is 2. The molecule has 0 bridgehead atoms. The summed E-state index contributed by atoms with van der Waals surface area (Å²) in [6, 6.07) is 8.40. The van der Waals surface area contributed by atoms with Gasteiger partial charge in [-0.15, -0.1) is 11.6 Å². The van der Waals surface area contributed by atoms with Gasteiger partial charge in [-0.05, 0) is 37.8 Å². The molecule has 0 saturated heterocycles. The largest absolute Gasteiger partial charge is 0.311 e. The quantitative estimate of drug-likeness (QED) is 0.874. The standard InChI is InChI=1S/C16H22ClN3/c1-20-16-8-3-2-7-14(16)15(19-20)11-18-10-12-5-4-6-13(17)9-12/h2-3,7-8,12-13,18H,4-6,9-11H2,1H3. The van der Waals surface area contributed by atoms with Crippen LogP contribution in [0.3, 0.4) is 0 Å². The minimum atomic E-state index is 0.381. The number of hydrogen-bond acceptors (Lipinski definition) is 2. The Bertz CT molecular complexity index is 578. The van der Waals surface area contributed by atoms with Gasteiger partial charge in [0.05, 0.1) is 11.2 Å². The van der Waals surface area contributed by atoms with E-state index < -0.39 is 0 Å². The van der Waals surface area contributed by atoms with E-state index in [4.69, 9.17) is 11.6 Å². The van der Waals surface area contributed by atoms with Crippen LogP contribution in [0.5, 0.6) is 0 Å². The van der Waals surface area contributed by atoms with Crippen molar-refractivity contribution in [3.05, 3.63) is 30.0 Å². The number of halogens is 1. The van der Waals surface area contributed by atoms with Crippen molar-refractivity contribution in [3.8, 4) is 0 Å². The van der Waals surface area contributed by atoms with Crippen molar-refractivity contribution in [3.63, 3.8) is 0 Å². The van der Waals surface area contributed by atoms with Gasteiger partial charge < -0.3 is 5.32 Å². The molecular weight excluding hydrogens is 270 g/mol. The Morgan fingerprint density at radius 3 is 3.05 bits per heavy atom. The summed E-state index contributed by atoms with van der Waals surface area (Å²) in [4.78, 5) is 0. The van der Waals surface area contributed by atoms with E-state index >= 15 is 0 Å². The molecule has 2 unspecified atom stereocenters. The Labute approximate surface area is 125 Å². The van der Waals surface area contributed by atoms with E-state index in [1.807, 2.05) is 11.7 Å². The molecule has 0 amide bonds. The first-order chi connectivity index (χ1) is 9.74. The Morgan fingerprint density at radius 1 is 1.35 bits per heavy atom. The molecule has 1 aliphatic rings. The SMILES string of the molecule is Cn1nc(CNCC2CCCC(Cl)C2)c2ccccc21. The minimum absolute atomic E-state index is 0.381. The predicted molar refractivity (Wildman–Crippen MR) is 84.0 cm³/mol. The average molecular weight is 292 g/mol. The molecule has 1 fully saturated rings. The van der Waals surface area contributed by atoms with Crippen LogP contribution in [0, 0.1) is 5.92 Å². The molecule has 1 aromatic carbocycles. The maximum absolute atomic E-state index is 6.25. The molecular formula is C16H22ClN3. The Kier molecular flexibility index (Phi) is 4.27. The first kappa shape index (κ1) is 13.9. The number of para-hydroxylation sites is 1. The minimum Gasteiger partial charge on any atom is -0.311 e. The first-order valence-corrected chi connectivity index (χ1v) is 7.93. The summed E-state index contributed by atoms with van der Waals surface area (Å²) in [5, 5.41) is 9.81. The zero-order valence-corrected chi connectivity index (χ0v) is 12.7. The van der Waals surface area contributed by atoms with Gasteiger partial charge >= 0.3 is 0 Å². The smallest absolute Gasteiger partial charge is 0.0841 e. The van der Waals surface area contributed by atoms with Gasteiger partial charge in [-0.3, -0.25) is 4.68 Å². The van der Waals surface area contributed by atoms with Gasteiger partial charge in [0, 0.05) is 24.4 Å². The van der Waals surface area contributed by atoms with E-state index in [1.54, 1.807) is 0 Å². The van der Waals surface area contributed by atoms with Crippen molar-refractivity contribution in [2.75, 3.05) is 6.54 Å². The van der Waals surface area contributed by atoms with Crippen LogP contribution in [0.25, 0.3) is 10.9 Å². The van der Waals surface area contributed by atoms with E-state index in [-0.39, 0.29) is 0 Å². The van der Waals surface area contributed by atoms with E-state index in [1.165, 1.54) is 30.2 Å². The fourth-order valence-corrected chi connectivity index (χ4v) is 3.63. The van der Waals surface area contributed by atoms with Crippen molar-refractivity contribution in [2.24, 2.45) is 13.0 Å². The van der Waals surface area contributed by atoms with Crippen LogP contribution in [0.15, 0.2) is 24.3 Å². The van der Waals surface area contributed by atoms with Crippen molar-refractivity contribution in [2.45, 2.75) is 37.6 Å². The zero-order valence-electron chi connectivity index (χ0n) is 12.0. The van der Waals surface area contributed by atoms with Crippen LogP contribution in [0.1, 0.15) is 31.4 Å². The fraction of sp³-hybridized carbons (Fsp3) is 0.562. The molecule has 4 heteroatoms. The summed E-state index contributed by atoms with van der Waals surface area (Å²) in [7, 11) is 2.01. The van der Waals surface area contributed by atoms with Crippen LogP contribution in [-0.2, 0) is 13.6 Å². The lowest BCUT2D eigenvalue weighted by atomic mass is 9.89. The average Bonchev–Trinajstić information content (AvgIpc) is 2.77. The molecule has 1 N–H and O–H groups in total. The van der Waals surface area contributed by atoms with Gasteiger partial charge in [0.25, 0.3) is 0 Å². The first-order valence-electron chi connectivity index (χ1n) is 7.49. The third-order valence-electron chi connectivity index (χ3n) is 4.28. The summed E-state index contributed by atoms with van der Waals surface area (Å²) in [6.45, 7) is 1.89. The molecule has 1 aromatic heterocycles. The van der Waals surface area contributed by atoms with Crippen LogP contribution < -0.4 is 5.32 Å². The Morgan fingerprint density at radius 2 is 2.20 bits per heavy atom. The lowest BCUT2D eigenvalue weighted by Crippen LogP contribution is -2.27. The van der Waals surface area contributed by atoms with Crippen molar-refractivity contribution in [1.82, 2.24) is 15.1 Å². The molecule has 0 radical (unpaired) electrons. The van der Waals surface area contributed by atoms with Gasteiger partial charge in [-0.25, -0.2) is 0 Å². The maximum Gasteiger partial charge on any atom is 0.0841 e. The van der Waals surface area contributed by atoms with Crippen molar-refractivity contribution < 1.29 is 0 Å². The second-order valence-electron chi connectivity index (χ2n) is 5.85. The highest BCUT2D eigenvalue weighted by molar-refractivity contribution is 6.20. The van der Waals surface area contributed by atoms with Gasteiger partial charge in [0.1, 0.15) is 0 Å². The lowest BCUT2D eigenvalue weighted by Gasteiger charge is -2.25. The van der Waals surface area contributed by atoms with Gasteiger partial charge in [-0.1, -0.05) is 24.6 Å². The summed E-state index contributed by atoms with van der Waals surface area (Å²) in [6.07, 6.45) is 4.91. The van der Waals surface area contributed by atoms with E-state index in [9.17, 15) is 0 Å². The second-order valence-corrected chi connectivity index (χ2v) is 6.47. The maximum atomic E-state index is 6.25. The molecule has 3 rings (SSSR count). The van der Waals surface area contributed by atoms with E-state index in [2.05, 4.69) is 34.7 Å². The highest BCUT2D eigenvalue weighted by Crippen LogP contribution is 2.27. The molecule has 1 aliphatic carbocycles. The van der Waals surface area contributed by atoms with Crippen LogP contribution in [-0.4, -0.2) is 21.7 Å². The molecule has 0 aliphatic heterocycles. The summed E-state index contributed by atoms with van der Waals surface area (Å²) >= 11 is 6.25. The van der Waals surface area contributed by atoms with Crippen LogP contribution in [0.4, 0.5) is 0 Å². The summed E-state index contributed by atoms with van der Waals surface area (Å²) < 4.78 is 1.96. The summed E-state index contributed by atoms with van der Waals surface area (Å²) in [5.74, 6) is 0.723. The number of fused-ring (bicyclic) bond motifs is 1. The molecule has 1 heterocycles. The summed E-state index contributed by atoms with van der Waals surface area (Å²) in [5.41, 5.74) is 2.34. The van der Waals surface area contributed by atoms with Crippen LogP contribution in [0.2, 0.25) is 0 Å². The predicted octanol–water partition coefficient (Wildman–Crippen LogP) is 3.46. The molecule has 20 heavy (non-hydrogen) atoms. The normalized spacial score (nSPS) is 23.3. The molecule has 3 nitrogen and oxygen atoms in total. The number of rotatable bonds is 4. The highest BCUT2D eigenvalue weighted by atomic mass is 35.5. The number of hydrogen-bond donors (Lipinski definition) is 1. The molecule has 2 atom stereocenters. The van der Waals surface area contributed by atoms with Crippen LogP contribution >= 0.6 is 11.6 Å². The monoisotopic (exact) mass is 291 g/mol. The number of aryl methyl sites for hydroxylation is 1. The second kappa shape index (κ2) is 6.15. The third kappa shape index (κ3) is 2.99. The molecule has 0 spiro atoms. The molecule has 1 saturated carbocycles. The number of benzene rings is 1. The number of alkyl halides is 1. The lowest BCUT2D eigenvalue weighted by molar-refractivity contribution is 0.345.